The zero-order valence-electron chi connectivity index (χ0n) is 6.55. The highest BCUT2D eigenvalue weighted by Crippen LogP contribution is 2.23. The Hall–Kier alpha value is -0.490. The van der Waals surface area contributed by atoms with E-state index in [0.717, 1.165) is 3.57 Å². The summed E-state index contributed by atoms with van der Waals surface area (Å²) < 4.78 is 1.02. The van der Waals surface area contributed by atoms with Crippen LogP contribution in [-0.4, -0.2) is 17.6 Å². The quantitative estimate of drug-likeness (QED) is 0.843. The van der Waals surface area contributed by atoms with Gasteiger partial charge in [-0.15, -0.1) is 0 Å². The minimum atomic E-state index is -0.908. The lowest BCUT2D eigenvalue weighted by molar-refractivity contribution is -0.134. The van der Waals surface area contributed by atoms with Gasteiger partial charge in [0.2, 0.25) is 0 Å². The van der Waals surface area contributed by atoms with E-state index in [0.29, 0.717) is 10.7 Å². The number of carboxylic acids is 1. The fourth-order valence-corrected chi connectivity index (χ4v) is 1.73. The van der Waals surface area contributed by atoms with Crippen molar-refractivity contribution in [3.8, 4) is 0 Å². The van der Waals surface area contributed by atoms with Crippen molar-refractivity contribution in [1.82, 2.24) is 0 Å². The molecule has 2 N–H and O–H groups in total. The molecule has 0 saturated carbocycles. The second-order valence-electron chi connectivity index (χ2n) is 2.37. The molecule has 0 spiro atoms. The van der Waals surface area contributed by atoms with Crippen LogP contribution in [0.2, 0.25) is 5.02 Å². The molecule has 70 valence electrons. The summed E-state index contributed by atoms with van der Waals surface area (Å²) in [5.74, 6) is -0.908. The Kier molecular flexibility index (Phi) is 3.80. The molecule has 0 unspecified atom stereocenters. The van der Waals surface area contributed by atoms with Crippen LogP contribution in [0.15, 0.2) is 18.2 Å². The van der Waals surface area contributed by atoms with E-state index >= 15 is 0 Å². The lowest BCUT2D eigenvalue weighted by atomic mass is 10.3. The molecule has 1 aromatic carbocycles. The number of anilines is 1. The maximum Gasteiger partial charge on any atom is 0.322 e. The smallest absolute Gasteiger partial charge is 0.322 e. The third-order valence-electron chi connectivity index (χ3n) is 1.36. The van der Waals surface area contributed by atoms with Crippen LogP contribution in [0.25, 0.3) is 0 Å². The van der Waals surface area contributed by atoms with Gasteiger partial charge in [0.15, 0.2) is 0 Å². The van der Waals surface area contributed by atoms with E-state index in [2.05, 4.69) is 27.9 Å². The lowest BCUT2D eigenvalue weighted by Crippen LogP contribution is -2.12. The second kappa shape index (κ2) is 4.66. The van der Waals surface area contributed by atoms with Crippen LogP contribution in [0.4, 0.5) is 5.69 Å². The normalized spacial score (nSPS) is 9.69. The Balaban J connectivity index is 2.72. The maximum atomic E-state index is 10.2. The Labute approximate surface area is 94.2 Å². The average Bonchev–Trinajstić information content (AvgIpc) is 2.02. The van der Waals surface area contributed by atoms with Crippen LogP contribution in [0, 0.1) is 3.57 Å². The van der Waals surface area contributed by atoms with E-state index in [4.69, 9.17) is 16.7 Å². The van der Waals surface area contributed by atoms with Gasteiger partial charge in [-0.25, -0.2) is 0 Å². The van der Waals surface area contributed by atoms with Gasteiger partial charge in [-0.05, 0) is 40.8 Å². The van der Waals surface area contributed by atoms with Crippen molar-refractivity contribution in [2.45, 2.75) is 0 Å². The Morgan fingerprint density at radius 3 is 2.85 bits per heavy atom. The summed E-state index contributed by atoms with van der Waals surface area (Å²) in [6.45, 7) is -0.125. The molecule has 0 fully saturated rings. The van der Waals surface area contributed by atoms with Gasteiger partial charge >= 0.3 is 5.97 Å². The lowest BCUT2D eigenvalue weighted by Gasteiger charge is -2.05. The molecule has 0 bridgehead atoms. The molecule has 5 heteroatoms. The molecule has 0 aliphatic heterocycles. The monoisotopic (exact) mass is 311 g/mol. The zero-order valence-corrected chi connectivity index (χ0v) is 9.46. The van der Waals surface area contributed by atoms with Crippen LogP contribution >= 0.6 is 34.2 Å². The minimum Gasteiger partial charge on any atom is -0.480 e. The fraction of sp³-hybridized carbons (Fsp3) is 0.125. The number of hydrogen-bond donors (Lipinski definition) is 2. The third-order valence-corrected chi connectivity index (χ3v) is 2.34. The van der Waals surface area contributed by atoms with Crippen molar-refractivity contribution in [2.24, 2.45) is 0 Å². The van der Waals surface area contributed by atoms with Crippen molar-refractivity contribution >= 4 is 45.8 Å². The van der Waals surface area contributed by atoms with Gasteiger partial charge in [-0.3, -0.25) is 4.79 Å². The standard InChI is InChI=1S/C8H7ClINO2/c9-6-3-5(10)1-2-7(6)11-4-8(12)13/h1-3,11H,4H2,(H,12,13). The minimum absolute atomic E-state index is 0.125. The molecule has 13 heavy (non-hydrogen) atoms. The fourth-order valence-electron chi connectivity index (χ4n) is 0.804. The summed E-state index contributed by atoms with van der Waals surface area (Å²) in [6, 6.07) is 5.38. The Morgan fingerprint density at radius 1 is 1.62 bits per heavy atom. The number of aliphatic carboxylic acids is 1. The predicted octanol–water partition coefficient (Wildman–Crippen LogP) is 2.44. The highest BCUT2D eigenvalue weighted by atomic mass is 127. The molecule has 0 aliphatic rings. The number of benzene rings is 1. The highest BCUT2D eigenvalue weighted by molar-refractivity contribution is 14.1. The van der Waals surface area contributed by atoms with Gasteiger partial charge in [0, 0.05) is 3.57 Å². The summed E-state index contributed by atoms with van der Waals surface area (Å²) in [5, 5.41) is 11.7. The van der Waals surface area contributed by atoms with Gasteiger partial charge in [-0.1, -0.05) is 11.6 Å². The molecular formula is C8H7ClINO2. The van der Waals surface area contributed by atoms with Crippen molar-refractivity contribution in [2.75, 3.05) is 11.9 Å². The third kappa shape index (κ3) is 3.40. The number of carbonyl (C=O) groups is 1. The van der Waals surface area contributed by atoms with Crippen molar-refractivity contribution in [3.05, 3.63) is 26.8 Å². The second-order valence-corrected chi connectivity index (χ2v) is 4.02. The van der Waals surface area contributed by atoms with Crippen molar-refractivity contribution in [1.29, 1.82) is 0 Å². The largest absolute Gasteiger partial charge is 0.480 e. The molecule has 0 amide bonds. The first-order chi connectivity index (χ1) is 6.09. The molecule has 0 aliphatic carbocycles. The number of nitrogens with one attached hydrogen (secondary N) is 1. The maximum absolute atomic E-state index is 10.2. The molecule has 1 rings (SSSR count). The molecule has 0 aromatic heterocycles. The predicted molar refractivity (Wildman–Crippen MR) is 60.3 cm³/mol. The molecule has 0 radical (unpaired) electrons. The molecular weight excluding hydrogens is 304 g/mol. The Morgan fingerprint density at radius 2 is 2.31 bits per heavy atom. The van der Waals surface area contributed by atoms with Crippen LogP contribution in [0.5, 0.6) is 0 Å². The van der Waals surface area contributed by atoms with E-state index < -0.39 is 5.97 Å². The van der Waals surface area contributed by atoms with E-state index in [9.17, 15) is 4.79 Å². The summed E-state index contributed by atoms with van der Waals surface area (Å²) >= 11 is 7.99. The number of halogens is 2. The topological polar surface area (TPSA) is 49.3 Å². The van der Waals surface area contributed by atoms with Crippen LogP contribution in [-0.2, 0) is 4.79 Å². The van der Waals surface area contributed by atoms with Gasteiger partial charge in [0.1, 0.15) is 6.54 Å². The van der Waals surface area contributed by atoms with Gasteiger partial charge < -0.3 is 10.4 Å². The molecule has 3 nitrogen and oxygen atoms in total. The van der Waals surface area contributed by atoms with Crippen LogP contribution in [0.1, 0.15) is 0 Å². The van der Waals surface area contributed by atoms with E-state index in [1.807, 2.05) is 6.07 Å². The average molecular weight is 312 g/mol. The number of hydrogen-bond acceptors (Lipinski definition) is 2. The summed E-state index contributed by atoms with van der Waals surface area (Å²) in [6.07, 6.45) is 0. The first kappa shape index (κ1) is 10.6. The van der Waals surface area contributed by atoms with E-state index in [-0.39, 0.29) is 6.54 Å². The highest BCUT2D eigenvalue weighted by Gasteiger charge is 2.01. The first-order valence-electron chi connectivity index (χ1n) is 3.50. The van der Waals surface area contributed by atoms with Gasteiger partial charge in [0.05, 0.1) is 10.7 Å². The van der Waals surface area contributed by atoms with Crippen molar-refractivity contribution in [3.63, 3.8) is 0 Å². The molecule has 0 atom stereocenters. The van der Waals surface area contributed by atoms with E-state index in [1.165, 1.54) is 0 Å². The summed E-state index contributed by atoms with van der Waals surface area (Å²) in [5.41, 5.74) is 0.643. The van der Waals surface area contributed by atoms with Gasteiger partial charge in [-0.2, -0.15) is 0 Å². The molecule has 0 heterocycles. The SMILES string of the molecule is O=C(O)CNc1ccc(I)cc1Cl. The summed E-state index contributed by atoms with van der Waals surface area (Å²) in [7, 11) is 0. The molecule has 1 aromatic rings. The van der Waals surface area contributed by atoms with Crippen molar-refractivity contribution < 1.29 is 9.90 Å². The molecule has 0 saturated heterocycles. The van der Waals surface area contributed by atoms with Crippen LogP contribution < -0.4 is 5.32 Å². The first-order valence-corrected chi connectivity index (χ1v) is 4.96. The summed E-state index contributed by atoms with van der Waals surface area (Å²) in [4.78, 5) is 10.2. The van der Waals surface area contributed by atoms with Gasteiger partial charge in [0.25, 0.3) is 0 Å². The number of carboxylic acid groups (broad SMARTS) is 1. The van der Waals surface area contributed by atoms with E-state index in [1.54, 1.807) is 12.1 Å². The number of rotatable bonds is 3. The van der Waals surface area contributed by atoms with Crippen LogP contribution in [0.3, 0.4) is 0 Å². The zero-order chi connectivity index (χ0) is 9.84. The Bertz CT molecular complexity index is 330.